The van der Waals surface area contributed by atoms with Crippen molar-refractivity contribution in [2.24, 2.45) is 11.7 Å². The van der Waals surface area contributed by atoms with E-state index in [1.54, 1.807) is 4.90 Å². The number of halogens is 1. The van der Waals surface area contributed by atoms with Crippen molar-refractivity contribution in [3.05, 3.63) is 34.9 Å². The van der Waals surface area contributed by atoms with Gasteiger partial charge in [-0.05, 0) is 37.5 Å². The molecule has 2 atom stereocenters. The van der Waals surface area contributed by atoms with E-state index >= 15 is 0 Å². The molecule has 4 heteroatoms. The van der Waals surface area contributed by atoms with Crippen LogP contribution in [0.1, 0.15) is 38.7 Å². The van der Waals surface area contributed by atoms with E-state index in [2.05, 4.69) is 0 Å². The number of nitrogens with two attached hydrogens (primary N) is 1. The van der Waals surface area contributed by atoms with Gasteiger partial charge in [0.15, 0.2) is 0 Å². The smallest absolute Gasteiger partial charge is 0.225 e. The highest BCUT2D eigenvalue weighted by molar-refractivity contribution is 6.30. The predicted molar refractivity (Wildman–Crippen MR) is 84.6 cm³/mol. The second-order valence-electron chi connectivity index (χ2n) is 5.63. The Hall–Kier alpha value is -1.06. The third-order valence-corrected chi connectivity index (χ3v) is 3.68. The van der Waals surface area contributed by atoms with E-state index in [0.717, 1.165) is 24.8 Å². The van der Waals surface area contributed by atoms with Crippen LogP contribution in [0, 0.1) is 5.92 Å². The van der Waals surface area contributed by atoms with Gasteiger partial charge in [-0.15, -0.1) is 0 Å². The average Bonchev–Trinajstić information content (AvgIpc) is 2.39. The van der Waals surface area contributed by atoms with Gasteiger partial charge in [-0.3, -0.25) is 4.79 Å². The zero-order valence-corrected chi connectivity index (χ0v) is 13.4. The largest absolute Gasteiger partial charge is 0.341 e. The normalized spacial score (nSPS) is 13.8. The van der Waals surface area contributed by atoms with E-state index in [9.17, 15) is 4.79 Å². The fourth-order valence-electron chi connectivity index (χ4n) is 2.19. The molecule has 0 aliphatic heterocycles. The van der Waals surface area contributed by atoms with Crippen LogP contribution in [-0.4, -0.2) is 23.9 Å². The maximum atomic E-state index is 12.3. The highest BCUT2D eigenvalue weighted by atomic mass is 35.5. The zero-order chi connectivity index (χ0) is 15.1. The van der Waals surface area contributed by atoms with Crippen molar-refractivity contribution in [1.29, 1.82) is 0 Å². The van der Waals surface area contributed by atoms with E-state index in [-0.39, 0.29) is 17.9 Å². The van der Waals surface area contributed by atoms with Crippen molar-refractivity contribution in [2.75, 3.05) is 7.05 Å². The van der Waals surface area contributed by atoms with Crippen LogP contribution in [-0.2, 0) is 11.3 Å². The topological polar surface area (TPSA) is 46.3 Å². The first-order valence-corrected chi connectivity index (χ1v) is 7.53. The molecule has 0 saturated carbocycles. The molecule has 0 aliphatic rings. The molecule has 0 radical (unpaired) electrons. The first kappa shape index (κ1) is 17.0. The minimum absolute atomic E-state index is 0.0473. The molecule has 1 aromatic rings. The Morgan fingerprint density at radius 3 is 2.40 bits per heavy atom. The third-order valence-electron chi connectivity index (χ3n) is 3.43. The number of nitrogens with zero attached hydrogens (tertiary/aromatic N) is 1. The van der Waals surface area contributed by atoms with E-state index in [4.69, 9.17) is 17.3 Å². The zero-order valence-electron chi connectivity index (χ0n) is 12.6. The molecular formula is C16H25ClN2O. The lowest BCUT2D eigenvalue weighted by Crippen LogP contribution is -2.31. The Kier molecular flexibility index (Phi) is 7.03. The van der Waals surface area contributed by atoms with Crippen molar-refractivity contribution in [2.45, 2.75) is 45.7 Å². The van der Waals surface area contributed by atoms with Gasteiger partial charge in [0.05, 0.1) is 0 Å². The quantitative estimate of drug-likeness (QED) is 0.837. The van der Waals surface area contributed by atoms with Crippen LogP contribution in [0.3, 0.4) is 0 Å². The van der Waals surface area contributed by atoms with E-state index < -0.39 is 0 Å². The Labute approximate surface area is 127 Å². The summed E-state index contributed by atoms with van der Waals surface area (Å²) >= 11 is 5.85. The highest BCUT2D eigenvalue weighted by Crippen LogP contribution is 2.15. The first-order chi connectivity index (χ1) is 9.40. The molecule has 2 N–H and O–H groups in total. The van der Waals surface area contributed by atoms with E-state index in [0.29, 0.717) is 11.6 Å². The minimum atomic E-state index is 0.0473. The second-order valence-corrected chi connectivity index (χ2v) is 6.07. The molecule has 0 heterocycles. The molecule has 0 bridgehead atoms. The van der Waals surface area contributed by atoms with E-state index in [1.807, 2.05) is 45.2 Å². The standard InChI is InChI=1S/C16H25ClN2O/c1-12(5-4-6-13(2)18)16(20)19(3)11-14-7-9-15(17)10-8-14/h7-10,12-13H,4-6,11,18H2,1-3H3. The van der Waals surface area contributed by atoms with Gasteiger partial charge in [0.1, 0.15) is 0 Å². The molecule has 0 spiro atoms. The highest BCUT2D eigenvalue weighted by Gasteiger charge is 2.17. The Bertz CT molecular complexity index is 417. The average molecular weight is 297 g/mol. The molecular weight excluding hydrogens is 272 g/mol. The Morgan fingerprint density at radius 1 is 1.25 bits per heavy atom. The van der Waals surface area contributed by atoms with Crippen molar-refractivity contribution >= 4 is 17.5 Å². The van der Waals surface area contributed by atoms with Crippen LogP contribution in [0.4, 0.5) is 0 Å². The number of hydrogen-bond donors (Lipinski definition) is 1. The van der Waals surface area contributed by atoms with Crippen LogP contribution in [0.5, 0.6) is 0 Å². The molecule has 0 saturated heterocycles. The van der Waals surface area contributed by atoms with Crippen molar-refractivity contribution in [3.63, 3.8) is 0 Å². The van der Waals surface area contributed by atoms with Gasteiger partial charge in [0.2, 0.25) is 5.91 Å². The molecule has 3 nitrogen and oxygen atoms in total. The summed E-state index contributed by atoms with van der Waals surface area (Å²) in [5.41, 5.74) is 6.81. The fraction of sp³-hybridized carbons (Fsp3) is 0.562. The monoisotopic (exact) mass is 296 g/mol. The van der Waals surface area contributed by atoms with Crippen LogP contribution in [0.25, 0.3) is 0 Å². The van der Waals surface area contributed by atoms with Gasteiger partial charge in [-0.2, -0.15) is 0 Å². The molecule has 112 valence electrons. The minimum Gasteiger partial charge on any atom is -0.341 e. The van der Waals surface area contributed by atoms with Gasteiger partial charge >= 0.3 is 0 Å². The lowest BCUT2D eigenvalue weighted by Gasteiger charge is -2.21. The number of carbonyl (C=O) groups excluding carboxylic acids is 1. The summed E-state index contributed by atoms with van der Waals surface area (Å²) in [5, 5.41) is 0.715. The third kappa shape index (κ3) is 5.93. The summed E-state index contributed by atoms with van der Waals surface area (Å²) in [6.45, 7) is 4.61. The number of amides is 1. The number of rotatable bonds is 7. The van der Waals surface area contributed by atoms with Crippen molar-refractivity contribution < 1.29 is 4.79 Å². The lowest BCUT2D eigenvalue weighted by molar-refractivity contribution is -0.134. The lowest BCUT2D eigenvalue weighted by atomic mass is 10.0. The second kappa shape index (κ2) is 8.28. The van der Waals surface area contributed by atoms with Crippen LogP contribution in [0.15, 0.2) is 24.3 Å². The number of carbonyl (C=O) groups is 1. The molecule has 1 aromatic carbocycles. The summed E-state index contributed by atoms with van der Waals surface area (Å²) in [6.07, 6.45) is 2.86. The summed E-state index contributed by atoms with van der Waals surface area (Å²) in [6, 6.07) is 7.81. The maximum Gasteiger partial charge on any atom is 0.225 e. The molecule has 0 fully saturated rings. The first-order valence-electron chi connectivity index (χ1n) is 7.15. The van der Waals surface area contributed by atoms with Crippen LogP contribution >= 0.6 is 11.6 Å². The summed E-state index contributed by atoms with van der Waals surface area (Å²) in [7, 11) is 1.85. The molecule has 1 rings (SSSR count). The summed E-state index contributed by atoms with van der Waals surface area (Å²) < 4.78 is 0. The summed E-state index contributed by atoms with van der Waals surface area (Å²) in [5.74, 6) is 0.232. The molecule has 0 aliphatic carbocycles. The van der Waals surface area contributed by atoms with Gasteiger partial charge in [-0.1, -0.05) is 37.1 Å². The van der Waals surface area contributed by atoms with Gasteiger partial charge in [-0.25, -0.2) is 0 Å². The van der Waals surface area contributed by atoms with Crippen LogP contribution < -0.4 is 5.73 Å². The predicted octanol–water partition coefficient (Wildman–Crippen LogP) is 3.45. The number of benzene rings is 1. The van der Waals surface area contributed by atoms with Gasteiger partial charge in [0.25, 0.3) is 0 Å². The number of hydrogen-bond acceptors (Lipinski definition) is 2. The van der Waals surface area contributed by atoms with Gasteiger partial charge in [0, 0.05) is 30.6 Å². The van der Waals surface area contributed by atoms with Gasteiger partial charge < -0.3 is 10.6 Å². The Balaban J connectivity index is 2.43. The Morgan fingerprint density at radius 2 is 1.85 bits per heavy atom. The molecule has 20 heavy (non-hydrogen) atoms. The molecule has 0 aromatic heterocycles. The fourth-order valence-corrected chi connectivity index (χ4v) is 2.31. The maximum absolute atomic E-state index is 12.3. The molecule has 2 unspecified atom stereocenters. The van der Waals surface area contributed by atoms with Crippen molar-refractivity contribution in [3.8, 4) is 0 Å². The van der Waals surface area contributed by atoms with E-state index in [1.165, 1.54) is 0 Å². The SMILES string of the molecule is CC(N)CCCC(C)C(=O)N(C)Cc1ccc(Cl)cc1. The summed E-state index contributed by atoms with van der Waals surface area (Å²) in [4.78, 5) is 14.0. The van der Waals surface area contributed by atoms with Crippen molar-refractivity contribution in [1.82, 2.24) is 4.90 Å². The van der Waals surface area contributed by atoms with Crippen LogP contribution in [0.2, 0.25) is 5.02 Å². The molecule has 1 amide bonds.